The molecule has 0 N–H and O–H groups in total. The van der Waals surface area contributed by atoms with Gasteiger partial charge in [-0.05, 0) is 73.6 Å². The van der Waals surface area contributed by atoms with E-state index in [2.05, 4.69) is 0 Å². The number of thioether (sulfide) groups is 1. The van der Waals surface area contributed by atoms with Crippen LogP contribution in [0.5, 0.6) is 5.75 Å². The molecule has 0 radical (unpaired) electrons. The predicted molar refractivity (Wildman–Crippen MR) is 126 cm³/mol. The lowest BCUT2D eigenvalue weighted by Gasteiger charge is -2.16. The van der Waals surface area contributed by atoms with Crippen LogP contribution in [0.25, 0.3) is 6.08 Å². The largest absolute Gasteiger partial charge is 0.497 e. The predicted octanol–water partition coefficient (Wildman–Crippen LogP) is 6.12. The summed E-state index contributed by atoms with van der Waals surface area (Å²) in [5.74, 6) is 0.705. The minimum absolute atomic E-state index is 0.0782. The van der Waals surface area contributed by atoms with Crippen LogP contribution in [-0.2, 0) is 4.79 Å². The highest BCUT2D eigenvalue weighted by atomic mass is 32.2. The molecule has 1 aliphatic heterocycles. The van der Waals surface area contributed by atoms with E-state index in [0.717, 1.165) is 28.3 Å². The number of carbonyl (C=O) groups is 1. The summed E-state index contributed by atoms with van der Waals surface area (Å²) < 4.78 is 5.22. The molecule has 0 aliphatic carbocycles. The molecule has 150 valence electrons. The Labute approximate surface area is 180 Å². The average Bonchev–Trinajstić information content (AvgIpc) is 3.05. The lowest BCUT2D eigenvalue weighted by molar-refractivity contribution is -0.113. The van der Waals surface area contributed by atoms with E-state index in [0.29, 0.717) is 10.1 Å². The number of ether oxygens (including phenoxy) is 1. The molecule has 30 heavy (non-hydrogen) atoms. The summed E-state index contributed by atoms with van der Waals surface area (Å²) in [6, 6.07) is 23.5. The standard InChI is InChI=1S/C25H22N2O2S/c1-17-4-10-20(11-5-17)26-25-27(21-12-6-18(2)7-13-21)24(28)23(30-25)16-19-8-14-22(29-3)15-9-19/h4-16H,1-3H3. The fourth-order valence-corrected chi connectivity index (χ4v) is 4.05. The fraction of sp³-hybridized carbons (Fsp3) is 0.120. The highest BCUT2D eigenvalue weighted by Gasteiger charge is 2.34. The van der Waals surface area contributed by atoms with E-state index in [4.69, 9.17) is 9.73 Å². The van der Waals surface area contributed by atoms with Crippen molar-refractivity contribution in [2.75, 3.05) is 12.0 Å². The molecular weight excluding hydrogens is 392 g/mol. The smallest absolute Gasteiger partial charge is 0.271 e. The Bertz CT molecular complexity index is 1120. The number of hydrogen-bond acceptors (Lipinski definition) is 4. The topological polar surface area (TPSA) is 41.9 Å². The number of hydrogen-bond donors (Lipinski definition) is 0. The highest BCUT2D eigenvalue weighted by Crippen LogP contribution is 2.37. The van der Waals surface area contributed by atoms with Crippen molar-refractivity contribution in [1.82, 2.24) is 0 Å². The van der Waals surface area contributed by atoms with Crippen LogP contribution in [0.3, 0.4) is 0 Å². The van der Waals surface area contributed by atoms with Gasteiger partial charge in [0.2, 0.25) is 0 Å². The molecule has 0 spiro atoms. The van der Waals surface area contributed by atoms with Gasteiger partial charge in [-0.15, -0.1) is 0 Å². The van der Waals surface area contributed by atoms with E-state index >= 15 is 0 Å². The SMILES string of the molecule is COc1ccc(C=C2SC(=Nc3ccc(C)cc3)N(c3ccc(C)cc3)C2=O)cc1. The lowest BCUT2D eigenvalue weighted by Crippen LogP contribution is -2.28. The van der Waals surface area contributed by atoms with Gasteiger partial charge >= 0.3 is 0 Å². The summed E-state index contributed by atoms with van der Waals surface area (Å²) in [6.07, 6.45) is 1.89. The highest BCUT2D eigenvalue weighted by molar-refractivity contribution is 8.19. The van der Waals surface area contributed by atoms with Gasteiger partial charge in [0.05, 0.1) is 23.4 Å². The molecule has 1 saturated heterocycles. The zero-order valence-corrected chi connectivity index (χ0v) is 17.9. The van der Waals surface area contributed by atoms with E-state index in [9.17, 15) is 4.79 Å². The summed E-state index contributed by atoms with van der Waals surface area (Å²) in [5.41, 5.74) is 4.88. The van der Waals surface area contributed by atoms with Crippen LogP contribution in [0.4, 0.5) is 11.4 Å². The molecule has 1 aliphatic rings. The third-order valence-electron chi connectivity index (χ3n) is 4.77. The number of benzene rings is 3. The maximum absolute atomic E-state index is 13.3. The summed E-state index contributed by atoms with van der Waals surface area (Å²) in [5, 5.41) is 0.646. The summed E-state index contributed by atoms with van der Waals surface area (Å²) in [6.45, 7) is 4.07. The van der Waals surface area contributed by atoms with E-state index in [1.807, 2.05) is 92.7 Å². The molecule has 1 fully saturated rings. The molecule has 4 nitrogen and oxygen atoms in total. The molecule has 0 aromatic heterocycles. The zero-order valence-electron chi connectivity index (χ0n) is 17.1. The third kappa shape index (κ3) is 4.31. The lowest BCUT2D eigenvalue weighted by atomic mass is 10.2. The van der Waals surface area contributed by atoms with Crippen molar-refractivity contribution in [1.29, 1.82) is 0 Å². The van der Waals surface area contributed by atoms with Gasteiger partial charge in [-0.1, -0.05) is 47.5 Å². The minimum Gasteiger partial charge on any atom is -0.497 e. The number of nitrogens with zero attached hydrogens (tertiary/aromatic N) is 2. The van der Waals surface area contributed by atoms with Crippen molar-refractivity contribution < 1.29 is 9.53 Å². The molecule has 0 atom stereocenters. The van der Waals surface area contributed by atoms with Crippen molar-refractivity contribution in [3.8, 4) is 5.75 Å². The van der Waals surface area contributed by atoms with Gasteiger partial charge < -0.3 is 4.74 Å². The summed E-state index contributed by atoms with van der Waals surface area (Å²) in [7, 11) is 1.64. The third-order valence-corrected chi connectivity index (χ3v) is 5.74. The van der Waals surface area contributed by atoms with Gasteiger partial charge in [-0.3, -0.25) is 9.69 Å². The first-order chi connectivity index (χ1) is 14.5. The van der Waals surface area contributed by atoms with Gasteiger partial charge in [0.25, 0.3) is 5.91 Å². The first-order valence-electron chi connectivity index (χ1n) is 9.63. The van der Waals surface area contributed by atoms with Gasteiger partial charge in [-0.25, -0.2) is 4.99 Å². The number of aryl methyl sites for hydroxylation is 2. The number of amidine groups is 1. The van der Waals surface area contributed by atoms with Gasteiger partial charge in [0.15, 0.2) is 5.17 Å². The molecule has 3 aromatic rings. The molecular formula is C25H22N2O2S. The van der Waals surface area contributed by atoms with Crippen molar-refractivity contribution in [2.24, 2.45) is 4.99 Å². The van der Waals surface area contributed by atoms with E-state index in [1.54, 1.807) is 12.0 Å². The second-order valence-electron chi connectivity index (χ2n) is 7.09. The summed E-state index contributed by atoms with van der Waals surface area (Å²) in [4.78, 5) is 20.4. The van der Waals surface area contributed by atoms with Crippen LogP contribution in [0.2, 0.25) is 0 Å². The Morgan fingerprint density at radius 2 is 1.47 bits per heavy atom. The molecule has 4 rings (SSSR count). The molecule has 0 saturated carbocycles. The van der Waals surface area contributed by atoms with Crippen LogP contribution in [0.1, 0.15) is 16.7 Å². The molecule has 3 aromatic carbocycles. The second kappa shape index (κ2) is 8.59. The molecule has 1 amide bonds. The van der Waals surface area contributed by atoms with E-state index in [-0.39, 0.29) is 5.91 Å². The summed E-state index contributed by atoms with van der Waals surface area (Å²) >= 11 is 1.39. The van der Waals surface area contributed by atoms with Crippen LogP contribution in [0.15, 0.2) is 82.7 Å². The van der Waals surface area contributed by atoms with Crippen LogP contribution in [0, 0.1) is 13.8 Å². The Kier molecular flexibility index (Phi) is 5.72. The van der Waals surface area contributed by atoms with Crippen LogP contribution >= 0.6 is 11.8 Å². The maximum Gasteiger partial charge on any atom is 0.271 e. The quantitative estimate of drug-likeness (QED) is 0.483. The van der Waals surface area contributed by atoms with Crippen LogP contribution < -0.4 is 9.64 Å². The van der Waals surface area contributed by atoms with Crippen molar-refractivity contribution in [3.63, 3.8) is 0 Å². The molecule has 5 heteroatoms. The van der Waals surface area contributed by atoms with Crippen molar-refractivity contribution in [3.05, 3.63) is 94.4 Å². The van der Waals surface area contributed by atoms with E-state index < -0.39 is 0 Å². The Morgan fingerprint density at radius 3 is 2.07 bits per heavy atom. The van der Waals surface area contributed by atoms with Gasteiger partial charge in [0, 0.05) is 0 Å². The monoisotopic (exact) mass is 414 g/mol. The second-order valence-corrected chi connectivity index (χ2v) is 8.10. The molecule has 1 heterocycles. The van der Waals surface area contributed by atoms with E-state index in [1.165, 1.54) is 17.3 Å². The van der Waals surface area contributed by atoms with Crippen molar-refractivity contribution in [2.45, 2.75) is 13.8 Å². The minimum atomic E-state index is -0.0782. The van der Waals surface area contributed by atoms with Gasteiger partial charge in [0.1, 0.15) is 5.75 Å². The van der Waals surface area contributed by atoms with Crippen LogP contribution in [-0.4, -0.2) is 18.2 Å². The first kappa shape index (κ1) is 20.0. The Balaban J connectivity index is 1.74. The number of carbonyl (C=O) groups excluding carboxylic acids is 1. The number of methoxy groups -OCH3 is 1. The number of amides is 1. The molecule has 0 bridgehead atoms. The van der Waals surface area contributed by atoms with Crippen molar-refractivity contribution >= 4 is 40.3 Å². The molecule has 0 unspecified atom stereocenters. The number of anilines is 1. The first-order valence-corrected chi connectivity index (χ1v) is 10.5. The Morgan fingerprint density at radius 1 is 0.867 bits per heavy atom. The maximum atomic E-state index is 13.3. The zero-order chi connectivity index (χ0) is 21.1. The van der Waals surface area contributed by atoms with Gasteiger partial charge in [-0.2, -0.15) is 0 Å². The fourth-order valence-electron chi connectivity index (χ4n) is 3.05. The number of rotatable bonds is 4. The number of aliphatic imine (C=N–C) groups is 1. The Hall–Kier alpha value is -3.31. The normalized spacial score (nSPS) is 16.5. The average molecular weight is 415 g/mol.